The van der Waals surface area contributed by atoms with Crippen LogP contribution in [-0.2, 0) is 9.53 Å². The molecule has 2 nitrogen and oxygen atoms in total. The molecule has 0 aromatic heterocycles. The largest absolute Gasteiger partial charge is 0.466 e. The van der Waals surface area contributed by atoms with Gasteiger partial charge in [0.25, 0.3) is 0 Å². The Kier molecular flexibility index (Phi) is 2.92. The number of hydrogen-bond donors (Lipinski definition) is 0. The fourth-order valence-corrected chi connectivity index (χ4v) is 0.260. The molecule has 0 aromatic rings. The molecule has 0 spiro atoms. The number of esters is 1. The summed E-state index contributed by atoms with van der Waals surface area (Å²) in [4.78, 5) is 10.3. The number of methoxy groups -OCH3 is 1. The topological polar surface area (TPSA) is 26.3 Å². The molecule has 0 rings (SSSR count). The second-order valence-corrected chi connectivity index (χ2v) is 1.51. The summed E-state index contributed by atoms with van der Waals surface area (Å²) in [6, 6.07) is 0. The van der Waals surface area contributed by atoms with Gasteiger partial charge in [-0.3, -0.25) is 0 Å². The van der Waals surface area contributed by atoms with Crippen LogP contribution >= 0.6 is 0 Å². The average molecular weight is 113 g/mol. The minimum Gasteiger partial charge on any atom is -0.466 e. The number of allylic oxidation sites excluding steroid dienone is 1. The molecular weight excluding hydrogens is 104 g/mol. The average Bonchev–Trinajstić information content (AvgIpc) is 1.65. The highest BCUT2D eigenvalue weighted by molar-refractivity contribution is 5.82. The number of carbonyl (C=O) groups excluding carboxylic acids is 1. The minimum atomic E-state index is -0.350. The Bertz CT molecular complexity index is 110. The third-order valence-electron chi connectivity index (χ3n) is 0.565. The Hall–Kier alpha value is -0.790. The van der Waals surface area contributed by atoms with E-state index in [1.807, 2.05) is 0 Å². The molecule has 0 fully saturated rings. The molecule has 2 heteroatoms. The molecule has 0 bridgehead atoms. The van der Waals surface area contributed by atoms with Gasteiger partial charge in [-0.15, -0.1) is 0 Å². The van der Waals surface area contributed by atoms with Gasteiger partial charge in [0.2, 0.25) is 0 Å². The van der Waals surface area contributed by atoms with E-state index < -0.39 is 0 Å². The maximum atomic E-state index is 10.3. The Labute approximate surface area is 49.1 Å². The summed E-state index contributed by atoms with van der Waals surface area (Å²) >= 11 is 0. The van der Waals surface area contributed by atoms with Gasteiger partial charge in [-0.2, -0.15) is 0 Å². The van der Waals surface area contributed by atoms with E-state index in [1.165, 1.54) is 13.2 Å². The highest BCUT2D eigenvalue weighted by Crippen LogP contribution is 1.87. The Morgan fingerprint density at radius 1 is 1.75 bits per heavy atom. The van der Waals surface area contributed by atoms with Crippen molar-refractivity contribution in [2.24, 2.45) is 0 Å². The van der Waals surface area contributed by atoms with Crippen molar-refractivity contribution in [1.82, 2.24) is 0 Å². The van der Waals surface area contributed by atoms with Crippen LogP contribution in [0, 0.1) is 6.92 Å². The van der Waals surface area contributed by atoms with E-state index >= 15 is 0 Å². The van der Waals surface area contributed by atoms with E-state index in [4.69, 9.17) is 0 Å². The van der Waals surface area contributed by atoms with Gasteiger partial charge in [0, 0.05) is 6.08 Å². The molecule has 0 saturated carbocycles. The van der Waals surface area contributed by atoms with E-state index in [9.17, 15) is 4.79 Å². The second-order valence-electron chi connectivity index (χ2n) is 1.51. The number of carbonyl (C=O) groups is 1. The van der Waals surface area contributed by atoms with Gasteiger partial charge in [-0.05, 0) is 13.8 Å². The van der Waals surface area contributed by atoms with E-state index in [1.54, 1.807) is 6.92 Å². The van der Waals surface area contributed by atoms with E-state index in [0.29, 0.717) is 5.57 Å². The lowest BCUT2D eigenvalue weighted by molar-refractivity contribution is -0.134. The Balaban J connectivity index is 3.70. The minimum absolute atomic E-state index is 0.350. The Morgan fingerprint density at radius 2 is 2.25 bits per heavy atom. The zero-order valence-corrected chi connectivity index (χ0v) is 5.10. The van der Waals surface area contributed by atoms with Crippen molar-refractivity contribution in [1.29, 1.82) is 0 Å². The van der Waals surface area contributed by atoms with Crippen molar-refractivity contribution in [3.63, 3.8) is 0 Å². The molecule has 0 amide bonds. The predicted molar refractivity (Wildman–Crippen MR) is 31.1 cm³/mol. The van der Waals surface area contributed by atoms with Crippen molar-refractivity contribution in [3.8, 4) is 0 Å². The summed E-state index contributed by atoms with van der Waals surface area (Å²) < 4.78 is 4.31. The first kappa shape index (κ1) is 7.21. The maximum absolute atomic E-state index is 10.3. The molecule has 1 radical (unpaired) electrons. The molecular formula is C6H9O2. The molecule has 0 aliphatic carbocycles. The summed E-state index contributed by atoms with van der Waals surface area (Å²) in [7, 11) is 1.34. The van der Waals surface area contributed by atoms with Crippen LogP contribution in [0.3, 0.4) is 0 Å². The van der Waals surface area contributed by atoms with Gasteiger partial charge in [0.1, 0.15) is 0 Å². The van der Waals surface area contributed by atoms with Crippen molar-refractivity contribution < 1.29 is 9.53 Å². The van der Waals surface area contributed by atoms with Crippen LogP contribution in [0.5, 0.6) is 0 Å². The van der Waals surface area contributed by atoms with Crippen molar-refractivity contribution in [2.75, 3.05) is 7.11 Å². The van der Waals surface area contributed by atoms with Crippen LogP contribution < -0.4 is 0 Å². The predicted octanol–water partition coefficient (Wildman–Crippen LogP) is 0.940. The smallest absolute Gasteiger partial charge is 0.330 e. The monoisotopic (exact) mass is 113 g/mol. The normalized spacial score (nSPS) is 11.1. The first-order chi connectivity index (χ1) is 3.66. The van der Waals surface area contributed by atoms with Gasteiger partial charge >= 0.3 is 5.97 Å². The van der Waals surface area contributed by atoms with E-state index in [0.717, 1.165) is 0 Å². The zero-order valence-electron chi connectivity index (χ0n) is 5.10. The summed E-state index contributed by atoms with van der Waals surface area (Å²) in [6.45, 7) is 5.22. The fraction of sp³-hybridized carbons (Fsp3) is 0.333. The molecule has 0 aliphatic heterocycles. The third-order valence-corrected chi connectivity index (χ3v) is 0.565. The lowest BCUT2D eigenvalue weighted by Gasteiger charge is -1.88. The molecule has 0 aromatic carbocycles. The molecule has 0 saturated heterocycles. The number of ether oxygens (including phenoxy) is 1. The van der Waals surface area contributed by atoms with Gasteiger partial charge < -0.3 is 4.74 Å². The van der Waals surface area contributed by atoms with Crippen molar-refractivity contribution in [2.45, 2.75) is 6.92 Å². The van der Waals surface area contributed by atoms with Gasteiger partial charge in [-0.1, -0.05) is 5.57 Å². The lowest BCUT2D eigenvalue weighted by atomic mass is 10.3. The SMILES string of the molecule is [CH2]C(C)=CC(=O)OC. The molecule has 0 atom stereocenters. The van der Waals surface area contributed by atoms with Crippen LogP contribution in [0.15, 0.2) is 11.6 Å². The van der Waals surface area contributed by atoms with Crippen molar-refractivity contribution >= 4 is 5.97 Å². The quantitative estimate of drug-likeness (QED) is 0.373. The standard InChI is InChI=1S/C6H9O2/c1-5(2)4-6(7)8-3/h4H,1H2,2-3H3. The van der Waals surface area contributed by atoms with Crippen LogP contribution in [0.2, 0.25) is 0 Å². The Morgan fingerprint density at radius 3 is 2.38 bits per heavy atom. The molecule has 45 valence electrons. The number of rotatable bonds is 1. The summed E-state index contributed by atoms with van der Waals surface area (Å²) in [5.74, 6) is -0.350. The third kappa shape index (κ3) is 3.40. The molecule has 0 heterocycles. The van der Waals surface area contributed by atoms with Crippen molar-refractivity contribution in [3.05, 3.63) is 18.6 Å². The van der Waals surface area contributed by atoms with Gasteiger partial charge in [-0.25, -0.2) is 4.79 Å². The molecule has 0 unspecified atom stereocenters. The van der Waals surface area contributed by atoms with Crippen LogP contribution in [0.4, 0.5) is 0 Å². The highest BCUT2D eigenvalue weighted by atomic mass is 16.5. The maximum Gasteiger partial charge on any atom is 0.330 e. The van der Waals surface area contributed by atoms with Gasteiger partial charge in [0.15, 0.2) is 0 Å². The second kappa shape index (κ2) is 3.24. The van der Waals surface area contributed by atoms with Crippen LogP contribution in [-0.4, -0.2) is 13.1 Å². The van der Waals surface area contributed by atoms with E-state index in [-0.39, 0.29) is 5.97 Å². The molecule has 8 heavy (non-hydrogen) atoms. The molecule has 0 N–H and O–H groups in total. The fourth-order valence-electron chi connectivity index (χ4n) is 0.260. The summed E-state index contributed by atoms with van der Waals surface area (Å²) in [6.07, 6.45) is 1.33. The number of hydrogen-bond acceptors (Lipinski definition) is 2. The van der Waals surface area contributed by atoms with Crippen LogP contribution in [0.25, 0.3) is 0 Å². The van der Waals surface area contributed by atoms with Gasteiger partial charge in [0.05, 0.1) is 7.11 Å². The lowest BCUT2D eigenvalue weighted by Crippen LogP contribution is -1.94. The summed E-state index contributed by atoms with van der Waals surface area (Å²) in [5.41, 5.74) is 0.705. The summed E-state index contributed by atoms with van der Waals surface area (Å²) in [5, 5.41) is 0. The van der Waals surface area contributed by atoms with E-state index in [2.05, 4.69) is 11.7 Å². The highest BCUT2D eigenvalue weighted by Gasteiger charge is 1.89. The zero-order chi connectivity index (χ0) is 6.57. The first-order valence-electron chi connectivity index (χ1n) is 2.25. The molecule has 0 aliphatic rings. The van der Waals surface area contributed by atoms with Crippen LogP contribution in [0.1, 0.15) is 6.92 Å². The first-order valence-corrected chi connectivity index (χ1v) is 2.25.